The Labute approximate surface area is 165 Å². The van der Waals surface area contributed by atoms with Crippen LogP contribution in [0.2, 0.25) is 0 Å². The molecule has 0 saturated carbocycles. The number of carbonyl (C=O) groups excluding carboxylic acids is 4. The van der Waals surface area contributed by atoms with Crippen LogP contribution in [0.3, 0.4) is 0 Å². The molecule has 0 radical (unpaired) electrons. The number of benzene rings is 1. The van der Waals surface area contributed by atoms with E-state index in [1.54, 1.807) is 6.07 Å². The van der Waals surface area contributed by atoms with Gasteiger partial charge < -0.3 is 10.6 Å². The van der Waals surface area contributed by atoms with Crippen LogP contribution in [0.4, 0.5) is 8.78 Å². The average Bonchev–Trinajstić information content (AvgIpc) is 3.26. The van der Waals surface area contributed by atoms with Gasteiger partial charge in [0.1, 0.15) is 6.04 Å². The van der Waals surface area contributed by atoms with E-state index in [1.165, 1.54) is 12.1 Å². The third kappa shape index (κ3) is 3.32. The Kier molecular flexibility index (Phi) is 4.91. The molecule has 0 spiro atoms. The maximum Gasteiger partial charge on any atom is 0.262 e. The van der Waals surface area contributed by atoms with Crippen molar-refractivity contribution in [3.05, 3.63) is 34.9 Å². The second-order valence-electron chi connectivity index (χ2n) is 7.56. The summed E-state index contributed by atoms with van der Waals surface area (Å²) >= 11 is 0. The van der Waals surface area contributed by atoms with Gasteiger partial charge in [-0.25, -0.2) is 8.78 Å². The molecule has 10 heteroatoms. The molecule has 8 nitrogen and oxygen atoms in total. The summed E-state index contributed by atoms with van der Waals surface area (Å²) in [5.41, 5.74) is -0.441. The molecular weight excluding hydrogens is 386 g/mol. The highest BCUT2D eigenvalue weighted by Crippen LogP contribution is 2.29. The lowest BCUT2D eigenvalue weighted by atomic mass is 9.98. The molecular formula is C19H20F2N4O4. The Morgan fingerprint density at radius 1 is 1.17 bits per heavy atom. The molecule has 29 heavy (non-hydrogen) atoms. The predicted octanol–water partition coefficient (Wildman–Crippen LogP) is 0.175. The quantitative estimate of drug-likeness (QED) is 0.602. The van der Waals surface area contributed by atoms with Crippen molar-refractivity contribution < 1.29 is 28.0 Å². The van der Waals surface area contributed by atoms with Crippen molar-refractivity contribution in [2.75, 3.05) is 13.1 Å². The van der Waals surface area contributed by atoms with E-state index in [0.717, 1.165) is 4.90 Å². The first-order valence-electron chi connectivity index (χ1n) is 9.41. The number of piperidine rings is 1. The van der Waals surface area contributed by atoms with E-state index in [4.69, 9.17) is 0 Å². The summed E-state index contributed by atoms with van der Waals surface area (Å²) in [6.07, 6.45) is -2.13. The summed E-state index contributed by atoms with van der Waals surface area (Å²) in [6, 6.07) is 3.54. The molecule has 3 aliphatic heterocycles. The van der Waals surface area contributed by atoms with Gasteiger partial charge in [-0.05, 0) is 37.1 Å². The third-order valence-electron chi connectivity index (χ3n) is 5.75. The summed E-state index contributed by atoms with van der Waals surface area (Å²) in [4.78, 5) is 49.8. The van der Waals surface area contributed by atoms with E-state index in [-0.39, 0.29) is 43.5 Å². The van der Waals surface area contributed by atoms with Gasteiger partial charge in [-0.3, -0.25) is 29.4 Å². The molecule has 0 bridgehead atoms. The molecule has 2 saturated heterocycles. The lowest BCUT2D eigenvalue weighted by Crippen LogP contribution is -2.54. The Hall–Kier alpha value is -2.72. The van der Waals surface area contributed by atoms with Gasteiger partial charge in [-0.15, -0.1) is 0 Å². The van der Waals surface area contributed by atoms with Crippen molar-refractivity contribution in [2.24, 2.45) is 0 Å². The van der Waals surface area contributed by atoms with E-state index >= 15 is 0 Å². The van der Waals surface area contributed by atoms with Crippen LogP contribution in [-0.2, 0) is 16.1 Å². The van der Waals surface area contributed by atoms with Crippen LogP contribution in [0.15, 0.2) is 18.2 Å². The monoisotopic (exact) mass is 406 g/mol. The zero-order valence-electron chi connectivity index (χ0n) is 15.5. The number of carbonyl (C=O) groups is 4. The molecule has 0 aliphatic carbocycles. The zero-order valence-corrected chi connectivity index (χ0v) is 15.5. The first kappa shape index (κ1) is 19.6. The van der Waals surface area contributed by atoms with Gasteiger partial charge in [-0.1, -0.05) is 6.07 Å². The van der Waals surface area contributed by atoms with Crippen molar-refractivity contribution in [1.82, 2.24) is 20.9 Å². The second-order valence-corrected chi connectivity index (χ2v) is 7.56. The summed E-state index contributed by atoms with van der Waals surface area (Å²) in [7, 11) is 0. The topological polar surface area (TPSA) is 108 Å². The lowest BCUT2D eigenvalue weighted by molar-refractivity contribution is -0.136. The van der Waals surface area contributed by atoms with Crippen molar-refractivity contribution >= 4 is 23.6 Å². The van der Waals surface area contributed by atoms with Crippen LogP contribution in [0, 0.1) is 0 Å². The van der Waals surface area contributed by atoms with Crippen LogP contribution >= 0.6 is 0 Å². The Morgan fingerprint density at radius 2 is 1.93 bits per heavy atom. The third-order valence-corrected chi connectivity index (χ3v) is 5.75. The highest BCUT2D eigenvalue weighted by Gasteiger charge is 2.45. The minimum absolute atomic E-state index is 0.0444. The van der Waals surface area contributed by atoms with Crippen molar-refractivity contribution in [1.29, 1.82) is 0 Å². The van der Waals surface area contributed by atoms with Gasteiger partial charge in [0.25, 0.3) is 18.2 Å². The van der Waals surface area contributed by atoms with Gasteiger partial charge in [0.2, 0.25) is 11.8 Å². The molecule has 4 rings (SSSR count). The second kappa shape index (κ2) is 7.27. The lowest BCUT2D eigenvalue weighted by Gasteiger charge is -2.28. The Morgan fingerprint density at radius 3 is 2.59 bits per heavy atom. The zero-order chi connectivity index (χ0) is 20.8. The van der Waals surface area contributed by atoms with Gasteiger partial charge in [-0.2, -0.15) is 0 Å². The van der Waals surface area contributed by atoms with Crippen LogP contribution in [-0.4, -0.2) is 59.6 Å². The summed E-state index contributed by atoms with van der Waals surface area (Å²) < 4.78 is 27.0. The number of imide groups is 2. The molecule has 2 fully saturated rings. The predicted molar refractivity (Wildman–Crippen MR) is 96.2 cm³/mol. The highest BCUT2D eigenvalue weighted by molar-refractivity contribution is 6.23. The SMILES string of the molecule is O=C1CCC(N2C(=O)c3ccc(CNC4(C(F)F)CCNC4)cc3C2=O)C(=O)N1. The fraction of sp³-hybridized carbons (Fsp3) is 0.474. The molecule has 0 aromatic heterocycles. The van der Waals surface area contributed by atoms with E-state index in [0.29, 0.717) is 12.1 Å². The number of halogens is 2. The fourth-order valence-electron chi connectivity index (χ4n) is 4.03. The van der Waals surface area contributed by atoms with Crippen molar-refractivity contribution in [2.45, 2.75) is 43.8 Å². The normalized spacial score (nSPS) is 27.0. The number of hydrogen-bond acceptors (Lipinski definition) is 6. The molecule has 1 aromatic rings. The summed E-state index contributed by atoms with van der Waals surface area (Å²) in [6.45, 7) is 0.755. The van der Waals surface area contributed by atoms with E-state index in [1.807, 2.05) is 0 Å². The first-order valence-corrected chi connectivity index (χ1v) is 9.41. The minimum atomic E-state index is -2.54. The Balaban J connectivity index is 1.53. The number of nitrogens with one attached hydrogen (secondary N) is 3. The standard InChI is InChI=1S/C19H20F2N4O4/c20-18(21)19(5-6-22-9-19)23-8-10-1-2-11-12(7-10)17(29)25(16(11)28)13-3-4-14(26)24-15(13)27/h1-2,7,13,18,22-23H,3-6,8-9H2,(H,24,26,27). The maximum atomic E-state index is 13.5. The molecule has 1 aromatic carbocycles. The molecule has 3 N–H and O–H groups in total. The number of alkyl halides is 2. The molecule has 4 amide bonds. The molecule has 2 atom stereocenters. The number of amides is 4. The summed E-state index contributed by atoms with van der Waals surface area (Å²) in [5.74, 6) is -2.33. The maximum absolute atomic E-state index is 13.5. The van der Waals surface area contributed by atoms with Crippen molar-refractivity contribution in [3.8, 4) is 0 Å². The average molecular weight is 406 g/mol. The molecule has 2 unspecified atom stereocenters. The van der Waals surface area contributed by atoms with Crippen LogP contribution in [0.1, 0.15) is 45.5 Å². The smallest absolute Gasteiger partial charge is 0.262 e. The number of fused-ring (bicyclic) bond motifs is 1. The van der Waals surface area contributed by atoms with E-state index in [2.05, 4.69) is 16.0 Å². The minimum Gasteiger partial charge on any atom is -0.315 e. The van der Waals surface area contributed by atoms with Crippen molar-refractivity contribution in [3.63, 3.8) is 0 Å². The highest BCUT2D eigenvalue weighted by atomic mass is 19.3. The van der Waals surface area contributed by atoms with E-state index < -0.39 is 41.6 Å². The number of hydrogen-bond donors (Lipinski definition) is 3. The molecule has 3 aliphatic rings. The first-order chi connectivity index (χ1) is 13.8. The summed E-state index contributed by atoms with van der Waals surface area (Å²) in [5, 5.41) is 7.96. The van der Waals surface area contributed by atoms with Crippen LogP contribution in [0.5, 0.6) is 0 Å². The largest absolute Gasteiger partial charge is 0.315 e. The van der Waals surface area contributed by atoms with Gasteiger partial charge in [0.05, 0.1) is 16.7 Å². The van der Waals surface area contributed by atoms with Gasteiger partial charge in [0, 0.05) is 19.5 Å². The molecule has 154 valence electrons. The van der Waals surface area contributed by atoms with Gasteiger partial charge >= 0.3 is 0 Å². The van der Waals surface area contributed by atoms with Crippen LogP contribution < -0.4 is 16.0 Å². The number of nitrogens with zero attached hydrogens (tertiary/aromatic N) is 1. The Bertz CT molecular complexity index is 898. The van der Waals surface area contributed by atoms with Crippen LogP contribution in [0.25, 0.3) is 0 Å². The molecule has 3 heterocycles. The van der Waals surface area contributed by atoms with Gasteiger partial charge in [0.15, 0.2) is 0 Å². The van der Waals surface area contributed by atoms with E-state index in [9.17, 15) is 28.0 Å². The fourth-order valence-corrected chi connectivity index (χ4v) is 4.03. The number of rotatable bonds is 5.